The van der Waals surface area contributed by atoms with Crippen LogP contribution in [0.5, 0.6) is 0 Å². The zero-order valence-electron chi connectivity index (χ0n) is 4.28. The number of halogens is 2. The predicted octanol–water partition coefficient (Wildman–Crippen LogP) is 3.17. The quantitative estimate of drug-likeness (QED) is 0.556. The van der Waals surface area contributed by atoms with Gasteiger partial charge in [0.2, 0.25) is 0 Å². The average molecular weight is 167 g/mol. The first-order valence-corrected chi connectivity index (χ1v) is 2.00. The minimum absolute atomic E-state index is 0. The first-order valence-electron chi connectivity index (χ1n) is 2.00. The Morgan fingerprint density at radius 3 is 0.667 bits per heavy atom. The molecule has 0 aromatic heterocycles. The van der Waals surface area contributed by atoms with Crippen molar-refractivity contribution in [1.29, 1.82) is 0 Å². The normalized spacial score (nSPS) is 5.33. The number of benzene rings is 1. The minimum Gasteiger partial charge on any atom is -0.147 e. The van der Waals surface area contributed by atoms with E-state index in [1.54, 1.807) is 0 Å². The van der Waals surface area contributed by atoms with E-state index in [-0.39, 0.29) is 32.2 Å². The van der Waals surface area contributed by atoms with Gasteiger partial charge in [0.25, 0.3) is 0 Å². The fourth-order valence-electron chi connectivity index (χ4n) is 0.385. The maximum atomic E-state index is 2.00. The van der Waals surface area contributed by atoms with Crippen LogP contribution in [-0.4, -0.2) is 0 Å². The molecule has 0 fully saturated rings. The molecule has 0 saturated carbocycles. The Bertz CT molecular complexity index is 78.8. The zero-order chi connectivity index (χ0) is 4.24. The highest BCUT2D eigenvalue weighted by Gasteiger charge is 1.57. The molecular formula is C7H12Cl2. The molecule has 54 valence electrons. The van der Waals surface area contributed by atoms with Crippen LogP contribution < -0.4 is 0 Å². The van der Waals surface area contributed by atoms with Crippen molar-refractivity contribution >= 4 is 24.8 Å². The van der Waals surface area contributed by atoms with Crippen molar-refractivity contribution in [2.45, 2.75) is 7.43 Å². The number of hydrogen-bond donors (Lipinski definition) is 0. The number of hydrogen-bond acceptors (Lipinski definition) is 0. The number of rotatable bonds is 0. The smallest absolute Gasteiger partial charge is 0.0623 e. The van der Waals surface area contributed by atoms with Crippen LogP contribution in [0.1, 0.15) is 7.43 Å². The van der Waals surface area contributed by atoms with Crippen molar-refractivity contribution in [3.8, 4) is 0 Å². The Labute approximate surface area is 69.1 Å². The molecule has 1 rings (SSSR count). The molecule has 2 heteroatoms. The zero-order valence-corrected chi connectivity index (χ0v) is 5.91. The van der Waals surface area contributed by atoms with Crippen molar-refractivity contribution in [3.63, 3.8) is 0 Å². The van der Waals surface area contributed by atoms with Gasteiger partial charge in [-0.3, -0.25) is 0 Å². The molecule has 0 spiro atoms. The van der Waals surface area contributed by atoms with E-state index in [2.05, 4.69) is 0 Å². The van der Waals surface area contributed by atoms with Gasteiger partial charge < -0.3 is 0 Å². The molecule has 0 atom stereocenters. The Hall–Kier alpha value is -0.200. The third-order valence-corrected chi connectivity index (χ3v) is 0.667. The van der Waals surface area contributed by atoms with E-state index in [1.807, 2.05) is 36.4 Å². The highest BCUT2D eigenvalue weighted by Crippen LogP contribution is 1.79. The Morgan fingerprint density at radius 1 is 0.444 bits per heavy atom. The van der Waals surface area contributed by atoms with Crippen LogP contribution in [0.25, 0.3) is 0 Å². The monoisotopic (exact) mass is 166 g/mol. The molecule has 0 aliphatic rings. The summed E-state index contributed by atoms with van der Waals surface area (Å²) in [5.41, 5.74) is 0. The molecule has 0 N–H and O–H groups in total. The van der Waals surface area contributed by atoms with Crippen LogP contribution in [0, 0.1) is 0 Å². The second-order valence-electron chi connectivity index (χ2n) is 1.15. The van der Waals surface area contributed by atoms with Crippen molar-refractivity contribution in [1.82, 2.24) is 0 Å². The van der Waals surface area contributed by atoms with Gasteiger partial charge in [0.15, 0.2) is 0 Å². The lowest BCUT2D eigenvalue weighted by Crippen LogP contribution is -1.47. The van der Waals surface area contributed by atoms with E-state index in [0.29, 0.717) is 0 Å². The highest BCUT2D eigenvalue weighted by atomic mass is 35.5. The van der Waals surface area contributed by atoms with Crippen molar-refractivity contribution < 1.29 is 0 Å². The largest absolute Gasteiger partial charge is 0.147 e. The highest BCUT2D eigenvalue weighted by molar-refractivity contribution is 5.85. The van der Waals surface area contributed by atoms with E-state index in [9.17, 15) is 0 Å². The van der Waals surface area contributed by atoms with Gasteiger partial charge in [-0.1, -0.05) is 43.8 Å². The molecular weight excluding hydrogens is 155 g/mol. The van der Waals surface area contributed by atoms with Gasteiger partial charge in [-0.05, 0) is 0 Å². The molecule has 1 aromatic rings. The van der Waals surface area contributed by atoms with Gasteiger partial charge in [0, 0.05) is 0 Å². The molecule has 0 heterocycles. The summed E-state index contributed by atoms with van der Waals surface area (Å²) in [6.07, 6.45) is 0. The Balaban J connectivity index is -0.000000120. The average Bonchev–Trinajstić information content (AvgIpc) is 1.72. The SMILES string of the molecule is C.Cl.Cl.c1ccccc1. The van der Waals surface area contributed by atoms with Gasteiger partial charge >= 0.3 is 0 Å². The summed E-state index contributed by atoms with van der Waals surface area (Å²) in [5.74, 6) is 0. The van der Waals surface area contributed by atoms with Gasteiger partial charge in [-0.15, -0.1) is 24.8 Å². The molecule has 0 aliphatic heterocycles. The predicted molar refractivity (Wildman–Crippen MR) is 47.7 cm³/mol. The molecule has 0 nitrogen and oxygen atoms in total. The lowest BCUT2D eigenvalue weighted by atomic mass is 10.4. The maximum absolute atomic E-state index is 2.00. The molecule has 0 amide bonds. The lowest BCUT2D eigenvalue weighted by molar-refractivity contribution is 1.72. The third kappa shape index (κ3) is 7.80. The van der Waals surface area contributed by atoms with Crippen LogP contribution in [-0.2, 0) is 0 Å². The summed E-state index contributed by atoms with van der Waals surface area (Å²) >= 11 is 0. The maximum Gasteiger partial charge on any atom is -0.0623 e. The summed E-state index contributed by atoms with van der Waals surface area (Å²) in [6, 6.07) is 12.0. The molecule has 0 unspecified atom stereocenters. The first kappa shape index (κ1) is 15.9. The van der Waals surface area contributed by atoms with E-state index in [0.717, 1.165) is 0 Å². The third-order valence-electron chi connectivity index (χ3n) is 0.667. The van der Waals surface area contributed by atoms with Crippen LogP contribution in [0.2, 0.25) is 0 Å². The molecule has 0 aliphatic carbocycles. The first-order chi connectivity index (χ1) is 3.00. The van der Waals surface area contributed by atoms with Crippen molar-refractivity contribution in [3.05, 3.63) is 36.4 Å². The standard InChI is InChI=1S/C6H6.CH4.2ClH/c1-2-4-6-5-3-1;;;/h1-6H;1H4;2*1H. The molecule has 1 aromatic carbocycles. The fourth-order valence-corrected chi connectivity index (χ4v) is 0.385. The summed E-state index contributed by atoms with van der Waals surface area (Å²) in [6.45, 7) is 0. The van der Waals surface area contributed by atoms with Gasteiger partial charge in [-0.25, -0.2) is 0 Å². The van der Waals surface area contributed by atoms with E-state index in [4.69, 9.17) is 0 Å². The molecule has 0 bridgehead atoms. The van der Waals surface area contributed by atoms with Crippen LogP contribution in [0.3, 0.4) is 0 Å². The summed E-state index contributed by atoms with van der Waals surface area (Å²) in [4.78, 5) is 0. The van der Waals surface area contributed by atoms with E-state index >= 15 is 0 Å². The topological polar surface area (TPSA) is 0 Å². The summed E-state index contributed by atoms with van der Waals surface area (Å²) in [5, 5.41) is 0. The summed E-state index contributed by atoms with van der Waals surface area (Å²) in [7, 11) is 0. The second kappa shape index (κ2) is 10.7. The second-order valence-corrected chi connectivity index (χ2v) is 1.15. The van der Waals surface area contributed by atoms with Gasteiger partial charge in [0.1, 0.15) is 0 Å². The minimum atomic E-state index is 0. The lowest BCUT2D eigenvalue weighted by Gasteiger charge is -1.69. The summed E-state index contributed by atoms with van der Waals surface area (Å²) < 4.78 is 0. The van der Waals surface area contributed by atoms with Gasteiger partial charge in [-0.2, -0.15) is 0 Å². The van der Waals surface area contributed by atoms with Crippen molar-refractivity contribution in [2.75, 3.05) is 0 Å². The van der Waals surface area contributed by atoms with Crippen LogP contribution in [0.15, 0.2) is 36.4 Å². The van der Waals surface area contributed by atoms with E-state index < -0.39 is 0 Å². The van der Waals surface area contributed by atoms with Crippen LogP contribution >= 0.6 is 24.8 Å². The fraction of sp³-hybridized carbons (Fsp3) is 0.143. The van der Waals surface area contributed by atoms with Crippen LogP contribution in [0.4, 0.5) is 0 Å². The molecule has 9 heavy (non-hydrogen) atoms. The molecule has 0 saturated heterocycles. The molecule has 0 radical (unpaired) electrons. The van der Waals surface area contributed by atoms with Gasteiger partial charge in [0.05, 0.1) is 0 Å². The van der Waals surface area contributed by atoms with Crippen molar-refractivity contribution in [2.24, 2.45) is 0 Å². The van der Waals surface area contributed by atoms with E-state index in [1.165, 1.54) is 0 Å². The Kier molecular flexibility index (Phi) is 19.0. The Morgan fingerprint density at radius 2 is 0.556 bits per heavy atom.